The van der Waals surface area contributed by atoms with E-state index in [1.165, 1.54) is 0 Å². The molecule has 0 amide bonds. The molecule has 84 valence electrons. The minimum atomic E-state index is 0.558. The van der Waals surface area contributed by atoms with Crippen molar-refractivity contribution >= 4 is 57.4 Å². The van der Waals surface area contributed by atoms with Gasteiger partial charge in [-0.25, -0.2) is 0 Å². The molecule has 16 heavy (non-hydrogen) atoms. The molecular formula is C10H6Cl3IN2. The summed E-state index contributed by atoms with van der Waals surface area (Å²) in [5.41, 5.74) is 0.921. The first-order chi connectivity index (χ1) is 7.56. The minimum absolute atomic E-state index is 0.558. The molecule has 0 saturated heterocycles. The quantitative estimate of drug-likeness (QED) is 0.694. The van der Waals surface area contributed by atoms with Gasteiger partial charge < -0.3 is 0 Å². The van der Waals surface area contributed by atoms with Gasteiger partial charge in [0.15, 0.2) is 0 Å². The maximum atomic E-state index is 6.06. The zero-order valence-electron chi connectivity index (χ0n) is 7.92. The Morgan fingerprint density at radius 1 is 1.19 bits per heavy atom. The molecule has 0 aliphatic carbocycles. The van der Waals surface area contributed by atoms with Crippen LogP contribution >= 0.6 is 57.4 Å². The summed E-state index contributed by atoms with van der Waals surface area (Å²) in [6, 6.07) is 5.36. The summed E-state index contributed by atoms with van der Waals surface area (Å²) in [7, 11) is 0. The van der Waals surface area contributed by atoms with Crippen molar-refractivity contribution < 1.29 is 0 Å². The molecule has 0 radical (unpaired) electrons. The predicted molar refractivity (Wildman–Crippen MR) is 75.5 cm³/mol. The number of hydrogen-bond acceptors (Lipinski definition) is 1. The van der Waals surface area contributed by atoms with Crippen LogP contribution in [0.5, 0.6) is 0 Å². The average Bonchev–Trinajstić information content (AvgIpc) is 2.52. The van der Waals surface area contributed by atoms with Gasteiger partial charge in [-0.05, 0) is 46.4 Å². The van der Waals surface area contributed by atoms with Crippen LogP contribution in [-0.2, 0) is 6.54 Å². The van der Waals surface area contributed by atoms with Crippen molar-refractivity contribution in [2.24, 2.45) is 0 Å². The van der Waals surface area contributed by atoms with Crippen molar-refractivity contribution in [3.63, 3.8) is 0 Å². The van der Waals surface area contributed by atoms with E-state index in [9.17, 15) is 0 Å². The molecule has 0 spiro atoms. The molecule has 1 aromatic heterocycles. The number of hydrogen-bond donors (Lipinski definition) is 0. The Morgan fingerprint density at radius 2 is 1.94 bits per heavy atom. The van der Waals surface area contributed by atoms with Gasteiger partial charge in [0.1, 0.15) is 3.70 Å². The fourth-order valence-electron chi connectivity index (χ4n) is 1.29. The van der Waals surface area contributed by atoms with Crippen molar-refractivity contribution in [2.45, 2.75) is 6.54 Å². The van der Waals surface area contributed by atoms with Crippen molar-refractivity contribution in [1.29, 1.82) is 0 Å². The topological polar surface area (TPSA) is 17.8 Å². The molecule has 0 saturated carbocycles. The molecule has 0 N–H and O–H groups in total. The number of nitrogens with zero attached hydrogens (tertiary/aromatic N) is 2. The Bertz CT molecular complexity index is 505. The Balaban J connectivity index is 2.29. The number of benzene rings is 1. The molecule has 6 heteroatoms. The van der Waals surface area contributed by atoms with Gasteiger partial charge in [0, 0.05) is 16.2 Å². The predicted octanol–water partition coefficient (Wildman–Crippen LogP) is 4.50. The molecule has 2 nitrogen and oxygen atoms in total. The van der Waals surface area contributed by atoms with Gasteiger partial charge in [0.2, 0.25) is 0 Å². The third-order valence-corrected chi connectivity index (χ3v) is 4.01. The molecule has 2 rings (SSSR count). The third-order valence-electron chi connectivity index (χ3n) is 2.02. The van der Waals surface area contributed by atoms with Crippen LogP contribution in [0.25, 0.3) is 0 Å². The van der Waals surface area contributed by atoms with Crippen LogP contribution in [0.2, 0.25) is 15.1 Å². The zero-order chi connectivity index (χ0) is 11.7. The molecule has 1 aromatic carbocycles. The van der Waals surface area contributed by atoms with Gasteiger partial charge >= 0.3 is 0 Å². The Morgan fingerprint density at radius 3 is 2.56 bits per heavy atom. The van der Waals surface area contributed by atoms with Gasteiger partial charge in [0.25, 0.3) is 0 Å². The molecule has 0 aliphatic heterocycles. The van der Waals surface area contributed by atoms with Crippen molar-refractivity contribution in [3.05, 3.63) is 48.7 Å². The number of rotatable bonds is 2. The average molecular weight is 387 g/mol. The highest BCUT2D eigenvalue weighted by Gasteiger charge is 2.06. The highest BCUT2D eigenvalue weighted by atomic mass is 127. The molecule has 2 aromatic rings. The normalized spacial score (nSPS) is 10.8. The first-order valence-electron chi connectivity index (χ1n) is 4.38. The second kappa shape index (κ2) is 5.12. The van der Waals surface area contributed by atoms with Crippen LogP contribution in [-0.4, -0.2) is 9.78 Å². The molecule has 0 bridgehead atoms. The largest absolute Gasteiger partial charge is 0.266 e. The first-order valence-corrected chi connectivity index (χ1v) is 6.60. The first kappa shape index (κ1) is 12.5. The molecule has 0 unspecified atom stereocenters. The van der Waals surface area contributed by atoms with Crippen molar-refractivity contribution in [3.8, 4) is 0 Å². The van der Waals surface area contributed by atoms with E-state index in [2.05, 4.69) is 27.7 Å². The third kappa shape index (κ3) is 2.83. The van der Waals surface area contributed by atoms with Crippen LogP contribution in [0.15, 0.2) is 24.4 Å². The highest BCUT2D eigenvalue weighted by molar-refractivity contribution is 14.1. The number of halogens is 4. The molecule has 0 aliphatic rings. The van der Waals surface area contributed by atoms with Gasteiger partial charge in [-0.2, -0.15) is 5.10 Å². The molecule has 0 atom stereocenters. The van der Waals surface area contributed by atoms with E-state index >= 15 is 0 Å². The highest BCUT2D eigenvalue weighted by Crippen LogP contribution is 2.22. The second-order valence-corrected chi connectivity index (χ2v) is 5.47. The van der Waals surface area contributed by atoms with Crippen LogP contribution in [0, 0.1) is 3.70 Å². The molecule has 1 heterocycles. The fraction of sp³-hybridized carbons (Fsp3) is 0.100. The van der Waals surface area contributed by atoms with Crippen LogP contribution in [0.1, 0.15) is 5.56 Å². The lowest BCUT2D eigenvalue weighted by molar-refractivity contribution is 0.681. The fourth-order valence-corrected chi connectivity index (χ4v) is 2.23. The van der Waals surface area contributed by atoms with Crippen LogP contribution < -0.4 is 0 Å². The lowest BCUT2D eigenvalue weighted by Crippen LogP contribution is -2.01. The zero-order valence-corrected chi connectivity index (χ0v) is 12.3. The van der Waals surface area contributed by atoms with Crippen LogP contribution in [0.3, 0.4) is 0 Å². The Kier molecular flexibility index (Phi) is 4.00. The second-order valence-electron chi connectivity index (χ2n) is 3.20. The lowest BCUT2D eigenvalue weighted by Gasteiger charge is -2.04. The van der Waals surface area contributed by atoms with Gasteiger partial charge in [-0.1, -0.05) is 34.8 Å². The summed E-state index contributed by atoms with van der Waals surface area (Å²) in [6.45, 7) is 0.558. The van der Waals surface area contributed by atoms with Gasteiger partial charge in [-0.3, -0.25) is 4.68 Å². The Labute approximate surface area is 122 Å². The minimum Gasteiger partial charge on any atom is -0.266 e. The standard InChI is InChI=1S/C10H6Cl3IN2/c11-7-1-2-8(12)6(3-7)4-16-5-9(13)10(14)15-16/h1-3,5H,4H2. The van der Waals surface area contributed by atoms with E-state index in [-0.39, 0.29) is 0 Å². The summed E-state index contributed by atoms with van der Waals surface area (Å²) in [5, 5.41) is 6.22. The number of aromatic nitrogens is 2. The summed E-state index contributed by atoms with van der Waals surface area (Å²) < 4.78 is 2.51. The van der Waals surface area contributed by atoms with E-state index in [1.807, 2.05) is 6.07 Å². The van der Waals surface area contributed by atoms with Gasteiger partial charge in [0.05, 0.1) is 11.6 Å². The maximum absolute atomic E-state index is 6.06. The van der Waals surface area contributed by atoms with Gasteiger partial charge in [-0.15, -0.1) is 0 Å². The summed E-state index contributed by atoms with van der Waals surface area (Å²) in [5.74, 6) is 0. The molecular weight excluding hydrogens is 381 g/mol. The lowest BCUT2D eigenvalue weighted by atomic mass is 10.2. The van der Waals surface area contributed by atoms with E-state index in [4.69, 9.17) is 34.8 Å². The van der Waals surface area contributed by atoms with E-state index in [0.29, 0.717) is 21.6 Å². The summed E-state index contributed by atoms with van der Waals surface area (Å²) >= 11 is 20.0. The van der Waals surface area contributed by atoms with E-state index in [1.54, 1.807) is 23.0 Å². The summed E-state index contributed by atoms with van der Waals surface area (Å²) in [4.78, 5) is 0. The Hall–Kier alpha value is 0.0300. The summed E-state index contributed by atoms with van der Waals surface area (Å²) in [6.07, 6.45) is 1.76. The van der Waals surface area contributed by atoms with Crippen LogP contribution in [0.4, 0.5) is 0 Å². The smallest absolute Gasteiger partial charge is 0.141 e. The van der Waals surface area contributed by atoms with E-state index < -0.39 is 0 Å². The maximum Gasteiger partial charge on any atom is 0.141 e. The SMILES string of the molecule is Clc1ccc(Cl)c(Cn2cc(Cl)c(I)n2)c1. The van der Waals surface area contributed by atoms with Crippen molar-refractivity contribution in [1.82, 2.24) is 9.78 Å². The van der Waals surface area contributed by atoms with E-state index in [0.717, 1.165) is 9.26 Å². The monoisotopic (exact) mass is 386 g/mol. The molecule has 0 fully saturated rings. The van der Waals surface area contributed by atoms with Crippen molar-refractivity contribution in [2.75, 3.05) is 0 Å².